The van der Waals surface area contributed by atoms with Crippen LogP contribution < -0.4 is 5.32 Å². The summed E-state index contributed by atoms with van der Waals surface area (Å²) < 4.78 is 26.2. The largest absolute Gasteiger partial charge is 0.355 e. The fourth-order valence-corrected chi connectivity index (χ4v) is 4.41. The topological polar surface area (TPSA) is 66.5 Å². The third kappa shape index (κ3) is 6.23. The molecule has 0 bridgehead atoms. The molecule has 1 aromatic heterocycles. The SMILES string of the molecule is Cc1ccc(S(=O)(=O)N(C)CCNC(=O)CCCCc2cccs2)cc1. The highest BCUT2D eigenvalue weighted by atomic mass is 32.2. The zero-order valence-corrected chi connectivity index (χ0v) is 16.9. The Balaban J connectivity index is 1.67. The van der Waals surface area contributed by atoms with Crippen LogP contribution in [0.1, 0.15) is 29.7 Å². The average Bonchev–Trinajstić information content (AvgIpc) is 3.12. The molecule has 0 unspecified atom stereocenters. The summed E-state index contributed by atoms with van der Waals surface area (Å²) in [5, 5.41) is 4.86. The van der Waals surface area contributed by atoms with E-state index in [2.05, 4.69) is 16.8 Å². The quantitative estimate of drug-likeness (QED) is 0.629. The first-order valence-corrected chi connectivity index (χ1v) is 11.0. The zero-order chi connectivity index (χ0) is 19.0. The number of nitrogens with zero attached hydrogens (tertiary/aromatic N) is 1. The minimum absolute atomic E-state index is 0.0303. The van der Waals surface area contributed by atoms with E-state index < -0.39 is 10.0 Å². The molecule has 0 aliphatic carbocycles. The predicted octanol–water partition coefficient (Wildman–Crippen LogP) is 3.21. The van der Waals surface area contributed by atoms with E-state index in [0.717, 1.165) is 24.8 Å². The van der Waals surface area contributed by atoms with Crippen molar-refractivity contribution in [1.29, 1.82) is 0 Å². The molecule has 0 fully saturated rings. The van der Waals surface area contributed by atoms with Crippen LogP contribution in [-0.2, 0) is 21.2 Å². The monoisotopic (exact) mass is 394 g/mol. The molecule has 2 rings (SSSR count). The van der Waals surface area contributed by atoms with Crippen molar-refractivity contribution in [3.63, 3.8) is 0 Å². The summed E-state index contributed by atoms with van der Waals surface area (Å²) in [6.07, 6.45) is 3.29. The summed E-state index contributed by atoms with van der Waals surface area (Å²) in [6, 6.07) is 10.9. The molecule has 2 aromatic rings. The summed E-state index contributed by atoms with van der Waals surface area (Å²) in [7, 11) is -1.99. The van der Waals surface area contributed by atoms with E-state index >= 15 is 0 Å². The number of hydrogen-bond donors (Lipinski definition) is 1. The minimum atomic E-state index is -3.52. The van der Waals surface area contributed by atoms with Crippen LogP contribution >= 0.6 is 11.3 Å². The number of rotatable bonds is 10. The van der Waals surface area contributed by atoms with Crippen molar-refractivity contribution in [2.75, 3.05) is 20.1 Å². The molecule has 5 nitrogen and oxygen atoms in total. The molecule has 1 N–H and O–H groups in total. The van der Waals surface area contributed by atoms with E-state index in [-0.39, 0.29) is 17.3 Å². The van der Waals surface area contributed by atoms with Gasteiger partial charge in [0.1, 0.15) is 0 Å². The Morgan fingerprint density at radius 3 is 2.54 bits per heavy atom. The molecule has 0 aliphatic rings. The summed E-state index contributed by atoms with van der Waals surface area (Å²) in [5.74, 6) is -0.0303. The average molecular weight is 395 g/mol. The van der Waals surface area contributed by atoms with Crippen molar-refractivity contribution in [3.8, 4) is 0 Å². The highest BCUT2D eigenvalue weighted by molar-refractivity contribution is 7.89. The Morgan fingerprint density at radius 2 is 1.88 bits per heavy atom. The third-order valence-corrected chi connectivity index (χ3v) is 6.94. The lowest BCUT2D eigenvalue weighted by molar-refractivity contribution is -0.121. The lowest BCUT2D eigenvalue weighted by atomic mass is 10.1. The number of sulfonamides is 1. The fraction of sp³-hybridized carbons (Fsp3) is 0.421. The first-order valence-electron chi connectivity index (χ1n) is 8.71. The fourth-order valence-electron chi connectivity index (χ4n) is 2.49. The highest BCUT2D eigenvalue weighted by Crippen LogP contribution is 2.15. The number of amides is 1. The second-order valence-corrected chi connectivity index (χ2v) is 9.35. The Morgan fingerprint density at radius 1 is 1.15 bits per heavy atom. The standard InChI is InChI=1S/C19H26N2O3S2/c1-16-9-11-18(12-10-16)26(23,24)21(2)14-13-20-19(22)8-4-3-6-17-7-5-15-25-17/h5,7,9-12,15H,3-4,6,8,13-14H2,1-2H3,(H,20,22). The molecule has 0 radical (unpaired) electrons. The highest BCUT2D eigenvalue weighted by Gasteiger charge is 2.20. The molecule has 0 atom stereocenters. The molecule has 1 aromatic carbocycles. The van der Waals surface area contributed by atoms with E-state index in [1.54, 1.807) is 35.6 Å². The summed E-state index contributed by atoms with van der Waals surface area (Å²) in [6.45, 7) is 2.47. The maximum Gasteiger partial charge on any atom is 0.242 e. The molecule has 26 heavy (non-hydrogen) atoms. The normalized spacial score (nSPS) is 11.7. The van der Waals surface area contributed by atoms with Gasteiger partial charge in [-0.05, 0) is 49.8 Å². The lowest BCUT2D eigenvalue weighted by Gasteiger charge is -2.17. The number of carbonyl (C=O) groups excluding carboxylic acids is 1. The van der Waals surface area contributed by atoms with Crippen molar-refractivity contribution >= 4 is 27.3 Å². The molecule has 142 valence electrons. The molecule has 1 amide bonds. The predicted molar refractivity (Wildman–Crippen MR) is 106 cm³/mol. The first-order chi connectivity index (χ1) is 12.4. The second-order valence-electron chi connectivity index (χ2n) is 6.28. The number of unbranched alkanes of at least 4 members (excludes halogenated alkanes) is 1. The molecular weight excluding hydrogens is 368 g/mol. The Bertz CT molecular complexity index is 785. The molecule has 0 saturated heterocycles. The Labute approximate surface area is 160 Å². The lowest BCUT2D eigenvalue weighted by Crippen LogP contribution is -2.36. The van der Waals surface area contributed by atoms with E-state index in [1.165, 1.54) is 16.2 Å². The van der Waals surface area contributed by atoms with Crippen LogP contribution in [0.3, 0.4) is 0 Å². The van der Waals surface area contributed by atoms with Crippen molar-refractivity contribution in [2.24, 2.45) is 0 Å². The molecule has 7 heteroatoms. The molecule has 0 saturated carbocycles. The molecular formula is C19H26N2O3S2. The van der Waals surface area contributed by atoms with E-state index in [1.807, 2.05) is 13.0 Å². The van der Waals surface area contributed by atoms with Crippen LogP contribution in [0.4, 0.5) is 0 Å². The number of carbonyl (C=O) groups is 1. The van der Waals surface area contributed by atoms with Crippen LogP contribution in [0, 0.1) is 6.92 Å². The van der Waals surface area contributed by atoms with Crippen LogP contribution in [-0.4, -0.2) is 38.8 Å². The molecule has 1 heterocycles. The van der Waals surface area contributed by atoms with E-state index in [0.29, 0.717) is 13.0 Å². The number of benzene rings is 1. The Kier molecular flexibility index (Phi) is 7.81. The van der Waals surface area contributed by atoms with E-state index in [9.17, 15) is 13.2 Å². The number of hydrogen-bond acceptors (Lipinski definition) is 4. The van der Waals surface area contributed by atoms with Crippen LogP contribution in [0.25, 0.3) is 0 Å². The van der Waals surface area contributed by atoms with Gasteiger partial charge in [-0.15, -0.1) is 11.3 Å². The smallest absolute Gasteiger partial charge is 0.242 e. The number of thiophene rings is 1. The van der Waals surface area contributed by atoms with Gasteiger partial charge >= 0.3 is 0 Å². The van der Waals surface area contributed by atoms with Crippen molar-refractivity contribution < 1.29 is 13.2 Å². The number of aryl methyl sites for hydroxylation is 2. The van der Waals surface area contributed by atoms with Gasteiger partial charge in [0.2, 0.25) is 15.9 Å². The molecule has 0 spiro atoms. The third-order valence-electron chi connectivity index (χ3n) is 4.14. The van der Waals surface area contributed by atoms with Gasteiger partial charge in [-0.2, -0.15) is 4.31 Å². The molecule has 0 aliphatic heterocycles. The van der Waals surface area contributed by atoms with Gasteiger partial charge in [0.05, 0.1) is 4.90 Å². The maximum absolute atomic E-state index is 12.5. The van der Waals surface area contributed by atoms with Crippen molar-refractivity contribution in [1.82, 2.24) is 9.62 Å². The van der Waals surface area contributed by atoms with Gasteiger partial charge in [0, 0.05) is 31.4 Å². The zero-order valence-electron chi connectivity index (χ0n) is 15.3. The number of nitrogens with one attached hydrogen (secondary N) is 1. The van der Waals surface area contributed by atoms with Gasteiger partial charge in [-0.3, -0.25) is 4.79 Å². The van der Waals surface area contributed by atoms with Gasteiger partial charge < -0.3 is 5.32 Å². The van der Waals surface area contributed by atoms with Crippen LogP contribution in [0.5, 0.6) is 0 Å². The van der Waals surface area contributed by atoms with E-state index in [4.69, 9.17) is 0 Å². The summed E-state index contributed by atoms with van der Waals surface area (Å²) in [4.78, 5) is 13.5. The van der Waals surface area contributed by atoms with Gasteiger partial charge in [-0.1, -0.05) is 23.8 Å². The van der Waals surface area contributed by atoms with Crippen molar-refractivity contribution in [2.45, 2.75) is 37.5 Å². The Hall–Kier alpha value is -1.70. The first kappa shape index (κ1) is 20.6. The van der Waals surface area contributed by atoms with Crippen molar-refractivity contribution in [3.05, 3.63) is 52.2 Å². The summed E-state index contributed by atoms with van der Waals surface area (Å²) in [5.41, 5.74) is 1.01. The van der Waals surface area contributed by atoms with Crippen LogP contribution in [0.2, 0.25) is 0 Å². The number of likely N-dealkylation sites (N-methyl/N-ethyl adjacent to an activating group) is 1. The van der Waals surface area contributed by atoms with Crippen LogP contribution in [0.15, 0.2) is 46.7 Å². The summed E-state index contributed by atoms with van der Waals surface area (Å²) >= 11 is 1.74. The van der Waals surface area contributed by atoms with Gasteiger partial charge in [-0.25, -0.2) is 8.42 Å². The second kappa shape index (κ2) is 9.85. The van der Waals surface area contributed by atoms with Gasteiger partial charge in [0.15, 0.2) is 0 Å². The van der Waals surface area contributed by atoms with Gasteiger partial charge in [0.25, 0.3) is 0 Å². The minimum Gasteiger partial charge on any atom is -0.355 e. The maximum atomic E-state index is 12.5.